The van der Waals surface area contributed by atoms with Gasteiger partial charge in [0.1, 0.15) is 5.00 Å². The van der Waals surface area contributed by atoms with Crippen LogP contribution in [0, 0.1) is 0 Å². The van der Waals surface area contributed by atoms with E-state index in [-0.39, 0.29) is 11.7 Å². The monoisotopic (exact) mass is 404 g/mol. The fraction of sp³-hybridized carbons (Fsp3) is 0.222. The maximum absolute atomic E-state index is 12.0. The lowest BCUT2D eigenvalue weighted by Gasteiger charge is -2.02. The Morgan fingerprint density at radius 2 is 2.11 bits per heavy atom. The molecule has 0 fully saturated rings. The van der Waals surface area contributed by atoms with E-state index in [2.05, 4.69) is 15.5 Å². The first kappa shape index (κ1) is 20.7. The predicted molar refractivity (Wildman–Crippen MR) is 108 cm³/mol. The maximum atomic E-state index is 12.0. The van der Waals surface area contributed by atoms with Gasteiger partial charge >= 0.3 is 0 Å². The zero-order valence-corrected chi connectivity index (χ0v) is 16.4. The number of carbonyl (C=O) groups excluding carboxylic acids is 2. The molecule has 3 N–H and O–H groups in total. The third-order valence-electron chi connectivity index (χ3n) is 3.15. The molecule has 142 valence electrons. The Labute approximate surface area is 165 Å². The first-order chi connectivity index (χ1) is 13.1. The van der Waals surface area contributed by atoms with E-state index >= 15 is 0 Å². The summed E-state index contributed by atoms with van der Waals surface area (Å²) in [5, 5.41) is 13.0. The summed E-state index contributed by atoms with van der Waals surface area (Å²) in [6, 6.07) is 1.57. The van der Waals surface area contributed by atoms with Gasteiger partial charge in [-0.25, -0.2) is 0 Å². The van der Waals surface area contributed by atoms with Gasteiger partial charge in [-0.2, -0.15) is 0 Å². The number of nitrogens with one attached hydrogen (secondary N) is 1. The molecule has 0 saturated heterocycles. The van der Waals surface area contributed by atoms with Crippen LogP contribution >= 0.6 is 23.1 Å². The van der Waals surface area contributed by atoms with E-state index in [0.29, 0.717) is 28.1 Å². The number of nitrogens with zero attached hydrogens (tertiary/aromatic N) is 2. The molecule has 0 aliphatic rings. The SMILES string of the molecule is C\C=C/C=C\C=C\CCc1nnc(SCC(=O)Nc2sccc2C(N)=O)o1. The summed E-state index contributed by atoms with van der Waals surface area (Å²) in [6.45, 7) is 1.96. The van der Waals surface area contributed by atoms with Gasteiger partial charge < -0.3 is 15.5 Å². The van der Waals surface area contributed by atoms with Gasteiger partial charge in [0.25, 0.3) is 11.1 Å². The Hall–Kier alpha value is -2.65. The molecule has 7 nitrogen and oxygen atoms in total. The number of amides is 2. The van der Waals surface area contributed by atoms with Crippen molar-refractivity contribution in [3.8, 4) is 0 Å². The number of thiophene rings is 1. The van der Waals surface area contributed by atoms with Gasteiger partial charge in [-0.15, -0.1) is 21.5 Å². The Kier molecular flexibility index (Phi) is 8.53. The number of hydrogen-bond acceptors (Lipinski definition) is 7. The number of allylic oxidation sites excluding steroid dienone is 6. The molecule has 27 heavy (non-hydrogen) atoms. The zero-order valence-electron chi connectivity index (χ0n) is 14.8. The molecule has 2 aromatic rings. The number of primary amides is 1. The highest BCUT2D eigenvalue weighted by atomic mass is 32.2. The normalized spacial score (nSPS) is 11.7. The highest BCUT2D eigenvalue weighted by molar-refractivity contribution is 7.99. The third-order valence-corrected chi connectivity index (χ3v) is 4.79. The summed E-state index contributed by atoms with van der Waals surface area (Å²) in [5.74, 6) is -0.241. The lowest BCUT2D eigenvalue weighted by Crippen LogP contribution is -2.17. The van der Waals surface area contributed by atoms with Crippen LogP contribution in [0.15, 0.2) is 57.5 Å². The molecule has 2 rings (SSSR count). The number of aromatic nitrogens is 2. The smallest absolute Gasteiger partial charge is 0.277 e. The maximum Gasteiger partial charge on any atom is 0.277 e. The second kappa shape index (κ2) is 11.1. The standard InChI is InChI=1S/C18H20N4O3S2/c1-2-3-4-5-6-7-8-9-15-21-22-18(25-15)27-12-14(23)20-17-13(16(19)24)10-11-26-17/h2-7,10-11H,8-9,12H2,1H3,(H2,19,24)(H,20,23)/b3-2-,5-4-,7-6+. The molecule has 0 saturated carbocycles. The van der Waals surface area contributed by atoms with E-state index in [1.165, 1.54) is 11.3 Å². The van der Waals surface area contributed by atoms with Crippen molar-refractivity contribution in [2.75, 3.05) is 11.1 Å². The molecule has 0 aromatic carbocycles. The Morgan fingerprint density at radius 1 is 1.30 bits per heavy atom. The van der Waals surface area contributed by atoms with Crippen molar-refractivity contribution < 1.29 is 14.0 Å². The zero-order chi connectivity index (χ0) is 19.5. The van der Waals surface area contributed by atoms with E-state index in [9.17, 15) is 9.59 Å². The number of aryl methyl sites for hydroxylation is 1. The molecule has 0 unspecified atom stereocenters. The summed E-state index contributed by atoms with van der Waals surface area (Å²) < 4.78 is 5.50. The lowest BCUT2D eigenvalue weighted by atomic mass is 10.3. The molecule has 2 amide bonds. The van der Waals surface area contributed by atoms with Crippen molar-refractivity contribution in [2.24, 2.45) is 5.73 Å². The summed E-state index contributed by atoms with van der Waals surface area (Å²) in [7, 11) is 0. The number of thioether (sulfide) groups is 1. The highest BCUT2D eigenvalue weighted by Gasteiger charge is 2.14. The van der Waals surface area contributed by atoms with Crippen LogP contribution in [0.5, 0.6) is 0 Å². The van der Waals surface area contributed by atoms with Crippen molar-refractivity contribution in [3.05, 3.63) is 59.4 Å². The average Bonchev–Trinajstić information content (AvgIpc) is 3.28. The number of nitrogens with two attached hydrogens (primary N) is 1. The van der Waals surface area contributed by atoms with Crippen LogP contribution in [0.3, 0.4) is 0 Å². The number of carbonyl (C=O) groups is 2. The molecule has 2 aromatic heterocycles. The first-order valence-corrected chi connectivity index (χ1v) is 10.0. The quantitative estimate of drug-likeness (QED) is 0.462. The van der Waals surface area contributed by atoms with Gasteiger partial charge in [0.2, 0.25) is 11.8 Å². The van der Waals surface area contributed by atoms with Crippen LogP contribution in [0.25, 0.3) is 0 Å². The van der Waals surface area contributed by atoms with Gasteiger partial charge in [-0.3, -0.25) is 9.59 Å². The van der Waals surface area contributed by atoms with Crippen molar-refractivity contribution >= 4 is 39.9 Å². The van der Waals surface area contributed by atoms with E-state index in [1.54, 1.807) is 11.4 Å². The van der Waals surface area contributed by atoms with Gasteiger partial charge in [0.15, 0.2) is 0 Å². The minimum absolute atomic E-state index is 0.0907. The van der Waals surface area contributed by atoms with Crippen LogP contribution in [0.1, 0.15) is 29.6 Å². The minimum Gasteiger partial charge on any atom is -0.416 e. The fourth-order valence-corrected chi connectivity index (χ4v) is 3.30. The first-order valence-electron chi connectivity index (χ1n) is 8.17. The number of rotatable bonds is 10. The van der Waals surface area contributed by atoms with Gasteiger partial charge in [0, 0.05) is 6.42 Å². The second-order valence-electron chi connectivity index (χ2n) is 5.20. The molecule has 0 radical (unpaired) electrons. The Morgan fingerprint density at radius 3 is 2.89 bits per heavy atom. The van der Waals surface area contributed by atoms with Crippen LogP contribution in [-0.4, -0.2) is 27.8 Å². The van der Waals surface area contributed by atoms with E-state index in [0.717, 1.165) is 18.2 Å². The van der Waals surface area contributed by atoms with Crippen LogP contribution in [0.4, 0.5) is 5.00 Å². The summed E-state index contributed by atoms with van der Waals surface area (Å²) in [5.41, 5.74) is 5.55. The largest absolute Gasteiger partial charge is 0.416 e. The third kappa shape index (κ3) is 7.24. The summed E-state index contributed by atoms with van der Waals surface area (Å²) in [6.07, 6.45) is 13.2. The molecule has 0 bridgehead atoms. The molecule has 0 aliphatic heterocycles. The van der Waals surface area contributed by atoms with Gasteiger partial charge in [0.05, 0.1) is 11.3 Å². The topological polar surface area (TPSA) is 111 Å². The van der Waals surface area contributed by atoms with E-state index < -0.39 is 5.91 Å². The van der Waals surface area contributed by atoms with Crippen molar-refractivity contribution in [1.82, 2.24) is 10.2 Å². The lowest BCUT2D eigenvalue weighted by molar-refractivity contribution is -0.113. The number of hydrogen-bond donors (Lipinski definition) is 2. The molecule has 9 heteroatoms. The summed E-state index contributed by atoms with van der Waals surface area (Å²) in [4.78, 5) is 23.2. The Bertz CT molecular complexity index is 852. The predicted octanol–water partition coefficient (Wildman–Crippen LogP) is 3.58. The second-order valence-corrected chi connectivity index (χ2v) is 7.05. The molecule has 0 spiro atoms. The van der Waals surface area contributed by atoms with Gasteiger partial charge in [-0.05, 0) is 24.8 Å². The van der Waals surface area contributed by atoms with Crippen LogP contribution in [0.2, 0.25) is 0 Å². The molecule has 2 heterocycles. The van der Waals surface area contributed by atoms with E-state index in [1.807, 2.05) is 43.4 Å². The van der Waals surface area contributed by atoms with Crippen molar-refractivity contribution in [2.45, 2.75) is 25.0 Å². The van der Waals surface area contributed by atoms with Gasteiger partial charge in [-0.1, -0.05) is 48.2 Å². The average molecular weight is 405 g/mol. The minimum atomic E-state index is -0.577. The Balaban J connectivity index is 1.74. The molecular weight excluding hydrogens is 384 g/mol. The molecular formula is C18H20N4O3S2. The van der Waals surface area contributed by atoms with Crippen molar-refractivity contribution in [1.29, 1.82) is 0 Å². The van der Waals surface area contributed by atoms with E-state index in [4.69, 9.17) is 10.2 Å². The van der Waals surface area contributed by atoms with Crippen LogP contribution < -0.4 is 11.1 Å². The number of anilines is 1. The highest BCUT2D eigenvalue weighted by Crippen LogP contribution is 2.23. The van der Waals surface area contributed by atoms with Crippen LogP contribution in [-0.2, 0) is 11.2 Å². The fourth-order valence-electron chi connectivity index (χ4n) is 1.91. The van der Waals surface area contributed by atoms with Crippen molar-refractivity contribution in [3.63, 3.8) is 0 Å². The molecule has 0 aliphatic carbocycles. The molecule has 0 atom stereocenters. The summed E-state index contributed by atoms with van der Waals surface area (Å²) >= 11 is 2.38.